The zero-order chi connectivity index (χ0) is 13.4. The molecule has 0 spiro atoms. The van der Waals surface area contributed by atoms with Crippen LogP contribution in [0.5, 0.6) is 0 Å². The van der Waals surface area contributed by atoms with E-state index in [2.05, 4.69) is 37.4 Å². The van der Waals surface area contributed by atoms with Gasteiger partial charge in [-0.15, -0.1) is 0 Å². The molecule has 3 rings (SSSR count). The summed E-state index contributed by atoms with van der Waals surface area (Å²) in [6.45, 7) is 3.29. The fourth-order valence-electron chi connectivity index (χ4n) is 3.08. The van der Waals surface area contributed by atoms with E-state index in [4.69, 9.17) is 5.73 Å². The quantitative estimate of drug-likeness (QED) is 0.918. The molecule has 1 aliphatic carbocycles. The maximum Gasteiger partial charge on any atom is 0.202 e. The summed E-state index contributed by atoms with van der Waals surface area (Å²) in [6, 6.07) is 1.97. The van der Waals surface area contributed by atoms with Crippen molar-refractivity contribution in [3.63, 3.8) is 0 Å². The van der Waals surface area contributed by atoms with Gasteiger partial charge in [0.25, 0.3) is 0 Å². The molecule has 1 aliphatic rings. The molecule has 0 amide bonds. The monoisotopic (exact) mass is 322 g/mol. The summed E-state index contributed by atoms with van der Waals surface area (Å²) < 4.78 is 3.02. The highest BCUT2D eigenvalue weighted by Gasteiger charge is 2.23. The molecular weight excluding hydrogens is 304 g/mol. The van der Waals surface area contributed by atoms with Crippen LogP contribution in [0, 0.1) is 11.8 Å². The summed E-state index contributed by atoms with van der Waals surface area (Å²) in [4.78, 5) is 8.88. The van der Waals surface area contributed by atoms with Crippen molar-refractivity contribution in [2.45, 2.75) is 39.2 Å². The molecule has 1 fully saturated rings. The zero-order valence-corrected chi connectivity index (χ0v) is 12.7. The lowest BCUT2D eigenvalue weighted by atomic mass is 9.80. The number of pyridine rings is 1. The predicted octanol–water partition coefficient (Wildman–Crippen LogP) is 3.60. The Bertz CT molecular complexity index is 592. The van der Waals surface area contributed by atoms with E-state index in [0.717, 1.165) is 28.1 Å². The van der Waals surface area contributed by atoms with E-state index < -0.39 is 0 Å². The molecule has 2 atom stereocenters. The molecule has 2 aromatic rings. The van der Waals surface area contributed by atoms with E-state index in [0.29, 0.717) is 11.9 Å². The van der Waals surface area contributed by atoms with Crippen molar-refractivity contribution in [3.8, 4) is 0 Å². The van der Waals surface area contributed by atoms with E-state index >= 15 is 0 Å². The highest BCUT2D eigenvalue weighted by molar-refractivity contribution is 9.10. The molecular formula is C14H19BrN4. The molecule has 0 bridgehead atoms. The molecule has 2 N–H and O–H groups in total. The number of halogens is 1. The fraction of sp³-hybridized carbons (Fsp3) is 0.571. The molecule has 0 radical (unpaired) electrons. The maximum absolute atomic E-state index is 6.06. The summed E-state index contributed by atoms with van der Waals surface area (Å²) in [5, 5.41) is 0. The number of nitrogens with two attached hydrogens (primary N) is 1. The zero-order valence-electron chi connectivity index (χ0n) is 11.1. The lowest BCUT2D eigenvalue weighted by Gasteiger charge is -2.29. The van der Waals surface area contributed by atoms with E-state index in [9.17, 15) is 0 Å². The van der Waals surface area contributed by atoms with Gasteiger partial charge < -0.3 is 5.73 Å². The van der Waals surface area contributed by atoms with Crippen molar-refractivity contribution >= 4 is 33.0 Å². The van der Waals surface area contributed by atoms with Crippen LogP contribution in [-0.2, 0) is 6.54 Å². The first-order valence-corrected chi connectivity index (χ1v) is 7.71. The Labute approximate surface area is 121 Å². The first kappa shape index (κ1) is 12.9. The number of hydrogen-bond acceptors (Lipinski definition) is 3. The van der Waals surface area contributed by atoms with Gasteiger partial charge in [0.15, 0.2) is 5.65 Å². The molecule has 19 heavy (non-hydrogen) atoms. The lowest BCUT2D eigenvalue weighted by molar-refractivity contribution is 0.231. The Morgan fingerprint density at radius 3 is 3.00 bits per heavy atom. The third-order valence-electron chi connectivity index (χ3n) is 4.29. The van der Waals surface area contributed by atoms with Crippen LogP contribution in [0.25, 0.3) is 11.2 Å². The SMILES string of the molecule is CC1CCCCC1Cn1c(N)nc2cc(Br)cnc21. The number of rotatable bonds is 2. The van der Waals surface area contributed by atoms with E-state index in [1.54, 1.807) is 0 Å². The van der Waals surface area contributed by atoms with E-state index in [-0.39, 0.29) is 0 Å². The summed E-state index contributed by atoms with van der Waals surface area (Å²) in [7, 11) is 0. The molecule has 4 nitrogen and oxygen atoms in total. The van der Waals surface area contributed by atoms with Crippen molar-refractivity contribution < 1.29 is 0 Å². The minimum Gasteiger partial charge on any atom is -0.369 e. The van der Waals surface area contributed by atoms with Crippen LogP contribution in [-0.4, -0.2) is 14.5 Å². The van der Waals surface area contributed by atoms with Gasteiger partial charge in [-0.1, -0.05) is 26.2 Å². The number of nitrogens with zero attached hydrogens (tertiary/aromatic N) is 3. The molecule has 0 aromatic carbocycles. The van der Waals surface area contributed by atoms with Gasteiger partial charge in [0, 0.05) is 17.2 Å². The van der Waals surface area contributed by atoms with Gasteiger partial charge in [0.05, 0.1) is 0 Å². The number of anilines is 1. The molecule has 102 valence electrons. The third-order valence-corrected chi connectivity index (χ3v) is 4.72. The second kappa shape index (κ2) is 5.12. The average Bonchev–Trinajstić information content (AvgIpc) is 2.68. The van der Waals surface area contributed by atoms with Crippen molar-refractivity contribution in [1.29, 1.82) is 0 Å². The number of aromatic nitrogens is 3. The van der Waals surface area contributed by atoms with E-state index in [1.807, 2.05) is 12.3 Å². The first-order chi connectivity index (χ1) is 9.15. The van der Waals surface area contributed by atoms with Crippen molar-refractivity contribution in [3.05, 3.63) is 16.7 Å². The molecule has 2 heterocycles. The van der Waals surface area contributed by atoms with E-state index in [1.165, 1.54) is 25.7 Å². The summed E-state index contributed by atoms with van der Waals surface area (Å²) in [5.74, 6) is 2.04. The predicted molar refractivity (Wildman–Crippen MR) is 80.8 cm³/mol. The van der Waals surface area contributed by atoms with Gasteiger partial charge in [0.2, 0.25) is 5.95 Å². The summed E-state index contributed by atoms with van der Waals surface area (Å²) >= 11 is 3.42. The van der Waals surface area contributed by atoms with Gasteiger partial charge in [-0.2, -0.15) is 0 Å². The van der Waals surface area contributed by atoms with Crippen LogP contribution in [0.2, 0.25) is 0 Å². The number of hydrogen-bond donors (Lipinski definition) is 1. The first-order valence-electron chi connectivity index (χ1n) is 6.92. The Morgan fingerprint density at radius 2 is 2.21 bits per heavy atom. The largest absolute Gasteiger partial charge is 0.369 e. The number of imidazole rings is 1. The Balaban J connectivity index is 1.93. The second-order valence-electron chi connectivity index (χ2n) is 5.60. The molecule has 5 heteroatoms. The molecule has 0 aliphatic heterocycles. The Morgan fingerprint density at radius 1 is 1.42 bits per heavy atom. The normalized spacial score (nSPS) is 23.9. The minimum atomic E-state index is 0.582. The minimum absolute atomic E-state index is 0.582. The topological polar surface area (TPSA) is 56.7 Å². The van der Waals surface area contributed by atoms with Crippen LogP contribution in [0.15, 0.2) is 16.7 Å². The standard InChI is InChI=1S/C14H19BrN4/c1-9-4-2-3-5-10(9)8-19-13-12(18-14(19)16)6-11(15)7-17-13/h6-7,9-10H,2-5,8H2,1H3,(H2,16,18). The molecule has 0 saturated heterocycles. The number of fused-ring (bicyclic) bond motifs is 1. The fourth-order valence-corrected chi connectivity index (χ4v) is 3.40. The average molecular weight is 323 g/mol. The maximum atomic E-state index is 6.06. The third kappa shape index (κ3) is 2.48. The molecule has 2 aromatic heterocycles. The van der Waals surface area contributed by atoms with Crippen LogP contribution < -0.4 is 5.73 Å². The Kier molecular flexibility index (Phi) is 3.48. The lowest BCUT2D eigenvalue weighted by Crippen LogP contribution is -2.22. The molecule has 1 saturated carbocycles. The second-order valence-corrected chi connectivity index (χ2v) is 6.51. The summed E-state index contributed by atoms with van der Waals surface area (Å²) in [6.07, 6.45) is 7.13. The van der Waals surface area contributed by atoms with Gasteiger partial charge in [-0.3, -0.25) is 4.57 Å². The highest BCUT2D eigenvalue weighted by Crippen LogP contribution is 2.32. The number of nitrogen functional groups attached to an aromatic ring is 1. The highest BCUT2D eigenvalue weighted by atomic mass is 79.9. The van der Waals surface area contributed by atoms with Crippen molar-refractivity contribution in [2.24, 2.45) is 11.8 Å². The van der Waals surface area contributed by atoms with Crippen molar-refractivity contribution in [2.75, 3.05) is 5.73 Å². The van der Waals surface area contributed by atoms with Gasteiger partial charge in [0.1, 0.15) is 5.52 Å². The summed E-state index contributed by atoms with van der Waals surface area (Å²) in [5.41, 5.74) is 7.83. The smallest absolute Gasteiger partial charge is 0.202 e. The molecule has 2 unspecified atom stereocenters. The van der Waals surface area contributed by atoms with Crippen molar-refractivity contribution in [1.82, 2.24) is 14.5 Å². The van der Waals surface area contributed by atoms with Crippen LogP contribution >= 0.6 is 15.9 Å². The van der Waals surface area contributed by atoms with Crippen LogP contribution in [0.3, 0.4) is 0 Å². The van der Waals surface area contributed by atoms with Gasteiger partial charge in [-0.25, -0.2) is 9.97 Å². The van der Waals surface area contributed by atoms with Gasteiger partial charge in [-0.05, 0) is 40.3 Å². The van der Waals surface area contributed by atoms with Crippen LogP contribution in [0.1, 0.15) is 32.6 Å². The Hall–Kier alpha value is -1.10. The van der Waals surface area contributed by atoms with Crippen LogP contribution in [0.4, 0.5) is 5.95 Å². The van der Waals surface area contributed by atoms with Gasteiger partial charge >= 0.3 is 0 Å².